The lowest BCUT2D eigenvalue weighted by Gasteiger charge is -2.10. The molecule has 2 aromatic rings. The lowest BCUT2D eigenvalue weighted by Crippen LogP contribution is -2.30. The smallest absolute Gasteiger partial charge is 0.248 e. The van der Waals surface area contributed by atoms with Crippen molar-refractivity contribution in [2.24, 2.45) is 0 Å². The summed E-state index contributed by atoms with van der Waals surface area (Å²) in [7, 11) is -3.54. The van der Waals surface area contributed by atoms with Gasteiger partial charge in [0.1, 0.15) is 0 Å². The first-order valence-corrected chi connectivity index (χ1v) is 9.49. The van der Waals surface area contributed by atoms with Gasteiger partial charge in [0.2, 0.25) is 15.9 Å². The van der Waals surface area contributed by atoms with E-state index < -0.39 is 10.0 Å². The molecule has 0 spiro atoms. The second kappa shape index (κ2) is 8.29. The van der Waals surface area contributed by atoms with Crippen molar-refractivity contribution in [1.29, 1.82) is 0 Å². The van der Waals surface area contributed by atoms with Gasteiger partial charge in [-0.25, -0.2) is 13.1 Å². The minimum Gasteiger partial charge on any atom is -0.323 e. The fraction of sp³-hybridized carbons (Fsp3) is 0.167. The van der Waals surface area contributed by atoms with Crippen molar-refractivity contribution in [3.63, 3.8) is 0 Å². The molecule has 0 atom stereocenters. The number of amides is 1. The molecule has 2 N–H and O–H groups in total. The van der Waals surface area contributed by atoms with Crippen LogP contribution in [0.1, 0.15) is 19.4 Å². The Hall–Kier alpha value is -2.15. The molecule has 0 unspecified atom stereocenters. The number of hydrogen-bond donors (Lipinski definition) is 2. The number of halogens is 1. The zero-order chi connectivity index (χ0) is 18.4. The van der Waals surface area contributed by atoms with Crippen LogP contribution in [0.5, 0.6) is 0 Å². The predicted octanol–water partition coefficient (Wildman–Crippen LogP) is 3.68. The zero-order valence-electron chi connectivity index (χ0n) is 13.9. The molecule has 0 bridgehead atoms. The highest BCUT2D eigenvalue weighted by atomic mass is 35.5. The van der Waals surface area contributed by atoms with Crippen molar-refractivity contribution >= 4 is 39.3 Å². The molecule has 5 nitrogen and oxygen atoms in total. The fourth-order valence-corrected chi connectivity index (χ4v) is 3.40. The molecule has 25 heavy (non-hydrogen) atoms. The standard InChI is InChI=1S/C18H19ClN2O3S/c1-13(2)21-25(23,24)17-10-8-16(9-11-17)20-18(22)12-5-14-3-6-15(19)7-4-14/h3-13,21H,1-2H3,(H,20,22)/b12-5+. The van der Waals surface area contributed by atoms with Crippen molar-refractivity contribution in [1.82, 2.24) is 4.72 Å². The van der Waals surface area contributed by atoms with E-state index in [1.807, 2.05) is 0 Å². The molecule has 0 saturated heterocycles. The van der Waals surface area contributed by atoms with Crippen LogP contribution in [0, 0.1) is 0 Å². The third-order valence-corrected chi connectivity index (χ3v) is 5.05. The van der Waals surface area contributed by atoms with Gasteiger partial charge in [-0.3, -0.25) is 4.79 Å². The van der Waals surface area contributed by atoms with Crippen LogP contribution < -0.4 is 10.0 Å². The maximum Gasteiger partial charge on any atom is 0.248 e. The number of sulfonamides is 1. The molecular formula is C18H19ClN2O3S. The van der Waals surface area contributed by atoms with E-state index in [2.05, 4.69) is 10.0 Å². The molecule has 132 valence electrons. The Balaban J connectivity index is 2.01. The van der Waals surface area contributed by atoms with Crippen molar-refractivity contribution in [2.45, 2.75) is 24.8 Å². The van der Waals surface area contributed by atoms with E-state index in [1.54, 1.807) is 56.3 Å². The summed E-state index contributed by atoms with van der Waals surface area (Å²) in [5, 5.41) is 3.30. The summed E-state index contributed by atoms with van der Waals surface area (Å²) in [6.45, 7) is 3.50. The first kappa shape index (κ1) is 19.2. The summed E-state index contributed by atoms with van der Waals surface area (Å²) in [5.41, 5.74) is 1.36. The van der Waals surface area contributed by atoms with E-state index in [0.717, 1.165) is 5.56 Å². The van der Waals surface area contributed by atoms with E-state index in [9.17, 15) is 13.2 Å². The Morgan fingerprint density at radius 1 is 1.04 bits per heavy atom. The Bertz CT molecular complexity index is 858. The van der Waals surface area contributed by atoms with Crippen LogP contribution in [0.25, 0.3) is 6.08 Å². The monoisotopic (exact) mass is 378 g/mol. The van der Waals surface area contributed by atoms with Gasteiger partial charge in [0.15, 0.2) is 0 Å². The maximum absolute atomic E-state index is 12.0. The van der Waals surface area contributed by atoms with Gasteiger partial charge in [-0.2, -0.15) is 0 Å². The maximum atomic E-state index is 12.0. The molecule has 0 aromatic heterocycles. The van der Waals surface area contributed by atoms with Gasteiger partial charge in [-0.1, -0.05) is 23.7 Å². The minimum atomic E-state index is -3.54. The summed E-state index contributed by atoms with van der Waals surface area (Å²) < 4.78 is 26.6. The Kier molecular flexibility index (Phi) is 6.36. The van der Waals surface area contributed by atoms with Crippen molar-refractivity contribution in [3.05, 3.63) is 65.2 Å². The SMILES string of the molecule is CC(C)NS(=O)(=O)c1ccc(NC(=O)/C=C/c2ccc(Cl)cc2)cc1. The number of carbonyl (C=O) groups excluding carboxylic acids is 1. The average molecular weight is 379 g/mol. The number of nitrogens with one attached hydrogen (secondary N) is 2. The predicted molar refractivity (Wildman–Crippen MR) is 101 cm³/mol. The zero-order valence-corrected chi connectivity index (χ0v) is 15.4. The highest BCUT2D eigenvalue weighted by Gasteiger charge is 2.14. The molecular weight excluding hydrogens is 360 g/mol. The molecule has 0 saturated carbocycles. The van der Waals surface area contributed by atoms with Crippen molar-refractivity contribution < 1.29 is 13.2 Å². The van der Waals surface area contributed by atoms with E-state index in [0.29, 0.717) is 10.7 Å². The minimum absolute atomic E-state index is 0.149. The molecule has 2 aromatic carbocycles. The highest BCUT2D eigenvalue weighted by molar-refractivity contribution is 7.89. The first-order chi connectivity index (χ1) is 11.8. The molecule has 0 heterocycles. The van der Waals surface area contributed by atoms with Crippen LogP contribution in [0.3, 0.4) is 0 Å². The molecule has 0 aliphatic carbocycles. The number of carbonyl (C=O) groups is 1. The number of benzene rings is 2. The highest BCUT2D eigenvalue weighted by Crippen LogP contribution is 2.15. The fourth-order valence-electron chi connectivity index (χ4n) is 2.03. The quantitative estimate of drug-likeness (QED) is 0.753. The van der Waals surface area contributed by atoms with E-state index in [-0.39, 0.29) is 16.8 Å². The second-order valence-corrected chi connectivity index (χ2v) is 7.82. The molecule has 1 amide bonds. The van der Waals surface area contributed by atoms with Crippen LogP contribution in [-0.4, -0.2) is 20.4 Å². The van der Waals surface area contributed by atoms with Gasteiger partial charge in [0.25, 0.3) is 0 Å². The molecule has 0 fully saturated rings. The van der Waals surface area contributed by atoms with Crippen LogP contribution >= 0.6 is 11.6 Å². The van der Waals surface area contributed by atoms with Crippen LogP contribution in [-0.2, 0) is 14.8 Å². The lowest BCUT2D eigenvalue weighted by molar-refractivity contribution is -0.111. The van der Waals surface area contributed by atoms with Gasteiger partial charge in [0.05, 0.1) is 4.90 Å². The van der Waals surface area contributed by atoms with Crippen molar-refractivity contribution in [3.8, 4) is 0 Å². The van der Waals surface area contributed by atoms with Crippen LogP contribution in [0.4, 0.5) is 5.69 Å². The Morgan fingerprint density at radius 3 is 2.20 bits per heavy atom. The third kappa shape index (κ3) is 6.01. The molecule has 0 aliphatic rings. The summed E-state index contributed by atoms with van der Waals surface area (Å²) >= 11 is 5.80. The topological polar surface area (TPSA) is 75.3 Å². The number of anilines is 1. The largest absolute Gasteiger partial charge is 0.323 e. The summed E-state index contributed by atoms with van der Waals surface area (Å²) in [6.07, 6.45) is 3.06. The van der Waals surface area contributed by atoms with Crippen molar-refractivity contribution in [2.75, 3.05) is 5.32 Å². The summed E-state index contributed by atoms with van der Waals surface area (Å²) in [4.78, 5) is 12.1. The van der Waals surface area contributed by atoms with E-state index in [4.69, 9.17) is 11.6 Å². The summed E-state index contributed by atoms with van der Waals surface area (Å²) in [6, 6.07) is 12.9. The number of rotatable bonds is 6. The Labute approximate surface area is 152 Å². The third-order valence-electron chi connectivity index (χ3n) is 3.12. The summed E-state index contributed by atoms with van der Waals surface area (Å²) in [5.74, 6) is -0.314. The Morgan fingerprint density at radius 2 is 1.64 bits per heavy atom. The molecule has 7 heteroatoms. The van der Waals surface area contributed by atoms with E-state index in [1.165, 1.54) is 18.2 Å². The first-order valence-electron chi connectivity index (χ1n) is 7.63. The van der Waals surface area contributed by atoms with Gasteiger partial charge >= 0.3 is 0 Å². The number of hydrogen-bond acceptors (Lipinski definition) is 3. The average Bonchev–Trinajstić information content (AvgIpc) is 2.54. The molecule has 2 rings (SSSR count). The molecule has 0 aliphatic heterocycles. The van der Waals surface area contributed by atoms with Gasteiger partial charge in [0, 0.05) is 22.8 Å². The van der Waals surface area contributed by atoms with Crippen LogP contribution in [0.15, 0.2) is 59.5 Å². The molecule has 0 radical (unpaired) electrons. The second-order valence-electron chi connectivity index (χ2n) is 5.67. The van der Waals surface area contributed by atoms with Crippen LogP contribution in [0.2, 0.25) is 5.02 Å². The lowest BCUT2D eigenvalue weighted by atomic mass is 10.2. The van der Waals surface area contributed by atoms with Gasteiger partial charge in [-0.15, -0.1) is 0 Å². The van der Waals surface area contributed by atoms with Gasteiger partial charge < -0.3 is 5.32 Å². The normalized spacial score (nSPS) is 11.8. The van der Waals surface area contributed by atoms with Gasteiger partial charge in [-0.05, 0) is 61.9 Å². The van der Waals surface area contributed by atoms with E-state index >= 15 is 0 Å².